The van der Waals surface area contributed by atoms with Crippen LogP contribution >= 0.6 is 15.9 Å². The second kappa shape index (κ2) is 6.89. The predicted molar refractivity (Wildman–Crippen MR) is 97.1 cm³/mol. The van der Waals surface area contributed by atoms with E-state index >= 15 is 0 Å². The van der Waals surface area contributed by atoms with E-state index in [0.717, 1.165) is 34.6 Å². The summed E-state index contributed by atoms with van der Waals surface area (Å²) < 4.78 is 28.3. The molecule has 0 saturated carbocycles. The van der Waals surface area contributed by atoms with Gasteiger partial charge < -0.3 is 5.32 Å². The van der Waals surface area contributed by atoms with Crippen LogP contribution in [0.25, 0.3) is 10.8 Å². The van der Waals surface area contributed by atoms with Gasteiger partial charge in [-0.25, -0.2) is 8.42 Å². The molecule has 6 heteroatoms. The van der Waals surface area contributed by atoms with Crippen LogP contribution in [0, 0.1) is 5.92 Å². The molecule has 1 aliphatic heterocycles. The molecule has 4 nitrogen and oxygen atoms in total. The van der Waals surface area contributed by atoms with E-state index in [9.17, 15) is 8.42 Å². The molecule has 0 radical (unpaired) electrons. The van der Waals surface area contributed by atoms with Crippen molar-refractivity contribution in [3.8, 4) is 0 Å². The fourth-order valence-corrected chi connectivity index (χ4v) is 5.03. The van der Waals surface area contributed by atoms with Crippen LogP contribution in [0.5, 0.6) is 0 Å². The van der Waals surface area contributed by atoms with E-state index < -0.39 is 10.0 Å². The molecule has 0 amide bonds. The molecule has 1 heterocycles. The van der Waals surface area contributed by atoms with E-state index in [1.54, 1.807) is 16.4 Å². The van der Waals surface area contributed by atoms with Crippen molar-refractivity contribution in [3.05, 3.63) is 40.9 Å². The van der Waals surface area contributed by atoms with E-state index in [1.165, 1.54) is 0 Å². The lowest BCUT2D eigenvalue weighted by molar-refractivity contribution is 0.270. The summed E-state index contributed by atoms with van der Waals surface area (Å²) in [5.41, 5.74) is 0. The van der Waals surface area contributed by atoms with Crippen molar-refractivity contribution in [1.82, 2.24) is 9.62 Å². The molecule has 1 saturated heterocycles. The van der Waals surface area contributed by atoms with Crippen LogP contribution in [0.2, 0.25) is 0 Å². The molecule has 0 spiro atoms. The molecular formula is C17H21BrN2O2S. The number of nitrogens with one attached hydrogen (secondary N) is 1. The molecule has 0 atom stereocenters. The fourth-order valence-electron chi connectivity index (χ4n) is 3.15. The predicted octanol–water partition coefficient (Wildman–Crippen LogP) is 3.22. The van der Waals surface area contributed by atoms with E-state index in [1.807, 2.05) is 31.3 Å². The highest BCUT2D eigenvalue weighted by molar-refractivity contribution is 9.10. The van der Waals surface area contributed by atoms with Crippen molar-refractivity contribution in [2.45, 2.75) is 17.7 Å². The smallest absolute Gasteiger partial charge is 0.243 e. The monoisotopic (exact) mass is 396 g/mol. The first-order valence-electron chi connectivity index (χ1n) is 7.85. The maximum absolute atomic E-state index is 12.9. The van der Waals surface area contributed by atoms with Crippen LogP contribution in [0.3, 0.4) is 0 Å². The van der Waals surface area contributed by atoms with Crippen molar-refractivity contribution in [3.63, 3.8) is 0 Å². The first-order valence-corrected chi connectivity index (χ1v) is 10.1. The van der Waals surface area contributed by atoms with Gasteiger partial charge >= 0.3 is 0 Å². The Kier molecular flexibility index (Phi) is 5.06. The third kappa shape index (κ3) is 3.60. The maximum Gasteiger partial charge on any atom is 0.243 e. The Labute approximate surface area is 146 Å². The largest absolute Gasteiger partial charge is 0.319 e. The number of sulfonamides is 1. The average Bonchev–Trinajstić information content (AvgIpc) is 2.55. The number of benzene rings is 2. The quantitative estimate of drug-likeness (QED) is 0.862. The summed E-state index contributed by atoms with van der Waals surface area (Å²) in [7, 11) is -1.46. The zero-order chi connectivity index (χ0) is 16.4. The molecule has 1 N–H and O–H groups in total. The minimum Gasteiger partial charge on any atom is -0.319 e. The van der Waals surface area contributed by atoms with Gasteiger partial charge in [-0.2, -0.15) is 4.31 Å². The summed E-state index contributed by atoms with van der Waals surface area (Å²) >= 11 is 3.44. The van der Waals surface area contributed by atoms with Crippen molar-refractivity contribution in [2.75, 3.05) is 26.7 Å². The van der Waals surface area contributed by atoms with Gasteiger partial charge in [0.2, 0.25) is 10.0 Å². The van der Waals surface area contributed by atoms with Gasteiger partial charge in [-0.05, 0) is 67.4 Å². The van der Waals surface area contributed by atoms with Crippen molar-refractivity contribution in [1.29, 1.82) is 0 Å². The molecule has 124 valence electrons. The summed E-state index contributed by atoms with van der Waals surface area (Å²) in [5.74, 6) is 0.570. The van der Waals surface area contributed by atoms with E-state index in [4.69, 9.17) is 0 Å². The van der Waals surface area contributed by atoms with Crippen LogP contribution in [-0.4, -0.2) is 39.4 Å². The highest BCUT2D eigenvalue weighted by atomic mass is 79.9. The Morgan fingerprint density at radius 1 is 1.13 bits per heavy atom. The van der Waals surface area contributed by atoms with Gasteiger partial charge in [0.1, 0.15) is 0 Å². The number of hydrogen-bond donors (Lipinski definition) is 1. The summed E-state index contributed by atoms with van der Waals surface area (Å²) in [6.07, 6.45) is 1.83. The second-order valence-corrected chi connectivity index (χ2v) is 8.91. The van der Waals surface area contributed by atoms with Crippen LogP contribution in [0.1, 0.15) is 12.8 Å². The normalized spacial score (nSPS) is 17.7. The summed E-state index contributed by atoms with van der Waals surface area (Å²) in [5, 5.41) is 5.15. The molecule has 3 rings (SSSR count). The summed E-state index contributed by atoms with van der Waals surface area (Å²) in [4.78, 5) is 0.388. The van der Waals surface area contributed by atoms with Gasteiger partial charge in [0.15, 0.2) is 0 Å². The summed E-state index contributed by atoms with van der Waals surface area (Å²) in [6.45, 7) is 2.17. The Morgan fingerprint density at radius 2 is 1.78 bits per heavy atom. The highest BCUT2D eigenvalue weighted by Gasteiger charge is 2.29. The number of nitrogens with zero attached hydrogens (tertiary/aromatic N) is 1. The topological polar surface area (TPSA) is 49.4 Å². The molecule has 2 aromatic carbocycles. The Bertz CT molecular complexity index is 799. The number of hydrogen-bond acceptors (Lipinski definition) is 3. The van der Waals surface area contributed by atoms with E-state index in [0.29, 0.717) is 23.9 Å². The van der Waals surface area contributed by atoms with Crippen molar-refractivity contribution in [2.24, 2.45) is 5.92 Å². The molecule has 23 heavy (non-hydrogen) atoms. The van der Waals surface area contributed by atoms with Crippen LogP contribution in [-0.2, 0) is 10.0 Å². The third-order valence-corrected chi connectivity index (χ3v) is 6.87. The molecule has 1 aliphatic rings. The molecule has 1 fully saturated rings. The number of piperidine rings is 1. The lowest BCUT2D eigenvalue weighted by Crippen LogP contribution is -2.40. The van der Waals surface area contributed by atoms with E-state index in [-0.39, 0.29) is 0 Å². The minimum absolute atomic E-state index is 0.388. The van der Waals surface area contributed by atoms with Gasteiger partial charge in [0.25, 0.3) is 0 Å². The Morgan fingerprint density at radius 3 is 2.48 bits per heavy atom. The number of rotatable bonds is 4. The minimum atomic E-state index is -3.40. The fraction of sp³-hybridized carbons (Fsp3) is 0.412. The van der Waals surface area contributed by atoms with E-state index in [2.05, 4.69) is 21.2 Å². The molecule has 2 aromatic rings. The second-order valence-electron chi connectivity index (χ2n) is 6.06. The number of fused-ring (bicyclic) bond motifs is 1. The lowest BCUT2D eigenvalue weighted by Gasteiger charge is -2.31. The zero-order valence-electron chi connectivity index (χ0n) is 13.1. The molecule has 0 aliphatic carbocycles. The van der Waals surface area contributed by atoms with Crippen molar-refractivity contribution < 1.29 is 8.42 Å². The Hall–Kier alpha value is -0.950. The first-order chi connectivity index (χ1) is 11.0. The van der Waals surface area contributed by atoms with Gasteiger partial charge in [0.05, 0.1) is 4.90 Å². The SMILES string of the molecule is CNCC1CCN(S(=O)(=O)c2ccc3cc(Br)ccc3c2)CC1. The van der Waals surface area contributed by atoms with Gasteiger partial charge in [0, 0.05) is 17.6 Å². The zero-order valence-corrected chi connectivity index (χ0v) is 15.5. The number of halogens is 1. The Balaban J connectivity index is 1.84. The molecular weight excluding hydrogens is 376 g/mol. The van der Waals surface area contributed by atoms with Gasteiger partial charge in [-0.3, -0.25) is 0 Å². The highest BCUT2D eigenvalue weighted by Crippen LogP contribution is 2.27. The molecule has 0 unspecified atom stereocenters. The van der Waals surface area contributed by atoms with Crippen LogP contribution in [0.4, 0.5) is 0 Å². The van der Waals surface area contributed by atoms with Crippen LogP contribution < -0.4 is 5.32 Å². The van der Waals surface area contributed by atoms with Gasteiger partial charge in [-0.15, -0.1) is 0 Å². The molecule has 0 aromatic heterocycles. The van der Waals surface area contributed by atoms with Crippen LogP contribution in [0.15, 0.2) is 45.8 Å². The standard InChI is InChI=1S/C17H21BrN2O2S/c1-19-12-13-6-8-20(9-7-13)23(21,22)17-5-3-14-10-16(18)4-2-15(14)11-17/h2-5,10-11,13,19H,6-9,12H2,1H3. The average molecular weight is 397 g/mol. The lowest BCUT2D eigenvalue weighted by atomic mass is 9.98. The molecule has 0 bridgehead atoms. The summed E-state index contributed by atoms with van der Waals surface area (Å²) in [6, 6.07) is 11.2. The van der Waals surface area contributed by atoms with Crippen molar-refractivity contribution >= 4 is 36.7 Å². The first kappa shape index (κ1) is 16.9. The van der Waals surface area contributed by atoms with Gasteiger partial charge in [-0.1, -0.05) is 28.1 Å². The third-order valence-electron chi connectivity index (χ3n) is 4.48. The maximum atomic E-state index is 12.9.